The zero-order chi connectivity index (χ0) is 22.0. The summed E-state index contributed by atoms with van der Waals surface area (Å²) in [4.78, 5) is 27.2. The SMILES string of the molecule is CC(C)(C)OC(=O)NC[C@@H]1CN(C(=O)c2ccc3c(c2)OCO3)C[C@H]1c1ccccc1. The summed E-state index contributed by atoms with van der Waals surface area (Å²) in [6, 6.07) is 15.4. The van der Waals surface area contributed by atoms with E-state index in [0.29, 0.717) is 36.7 Å². The smallest absolute Gasteiger partial charge is 0.407 e. The molecule has 0 saturated carbocycles. The average molecular weight is 424 g/mol. The van der Waals surface area contributed by atoms with Crippen LogP contribution in [0.5, 0.6) is 11.5 Å². The zero-order valence-corrected chi connectivity index (χ0v) is 18.1. The fraction of sp³-hybridized carbons (Fsp3) is 0.417. The summed E-state index contributed by atoms with van der Waals surface area (Å²) in [5, 5.41) is 2.88. The molecule has 0 aromatic heterocycles. The number of ether oxygens (including phenoxy) is 3. The van der Waals surface area contributed by atoms with Gasteiger partial charge in [0, 0.05) is 37.0 Å². The van der Waals surface area contributed by atoms with E-state index in [0.717, 1.165) is 5.56 Å². The first-order chi connectivity index (χ1) is 14.8. The molecule has 0 spiro atoms. The van der Waals surface area contributed by atoms with Crippen molar-refractivity contribution in [3.05, 3.63) is 59.7 Å². The summed E-state index contributed by atoms with van der Waals surface area (Å²) in [7, 11) is 0. The fourth-order valence-electron chi connectivity index (χ4n) is 4.06. The van der Waals surface area contributed by atoms with Crippen molar-refractivity contribution in [3.63, 3.8) is 0 Å². The van der Waals surface area contributed by atoms with Crippen LogP contribution >= 0.6 is 0 Å². The Morgan fingerprint density at radius 2 is 1.81 bits per heavy atom. The largest absolute Gasteiger partial charge is 0.454 e. The molecule has 7 heteroatoms. The van der Waals surface area contributed by atoms with Crippen LogP contribution in [0.4, 0.5) is 4.79 Å². The molecule has 1 N–H and O–H groups in total. The van der Waals surface area contributed by atoms with Crippen molar-refractivity contribution in [2.45, 2.75) is 32.3 Å². The molecule has 2 aliphatic rings. The van der Waals surface area contributed by atoms with E-state index in [4.69, 9.17) is 14.2 Å². The summed E-state index contributed by atoms with van der Waals surface area (Å²) < 4.78 is 16.1. The molecule has 2 heterocycles. The number of carbonyl (C=O) groups excluding carboxylic acids is 2. The van der Waals surface area contributed by atoms with Crippen LogP contribution in [0.1, 0.15) is 42.6 Å². The maximum Gasteiger partial charge on any atom is 0.407 e. The lowest BCUT2D eigenvalue weighted by molar-refractivity contribution is 0.0519. The van der Waals surface area contributed by atoms with Crippen molar-refractivity contribution in [3.8, 4) is 11.5 Å². The number of nitrogens with zero attached hydrogens (tertiary/aromatic N) is 1. The quantitative estimate of drug-likeness (QED) is 0.808. The van der Waals surface area contributed by atoms with Gasteiger partial charge in [-0.3, -0.25) is 4.79 Å². The van der Waals surface area contributed by atoms with Crippen molar-refractivity contribution >= 4 is 12.0 Å². The number of amides is 2. The van der Waals surface area contributed by atoms with E-state index in [1.54, 1.807) is 18.2 Å². The van der Waals surface area contributed by atoms with Gasteiger partial charge in [0.25, 0.3) is 5.91 Å². The lowest BCUT2D eigenvalue weighted by atomic mass is 9.89. The molecule has 4 rings (SSSR count). The first-order valence-electron chi connectivity index (χ1n) is 10.5. The van der Waals surface area contributed by atoms with E-state index in [-0.39, 0.29) is 24.5 Å². The minimum absolute atomic E-state index is 0.0565. The highest BCUT2D eigenvalue weighted by molar-refractivity contribution is 5.95. The van der Waals surface area contributed by atoms with Crippen LogP contribution in [0.15, 0.2) is 48.5 Å². The first kappa shape index (κ1) is 21.0. The fourth-order valence-corrected chi connectivity index (χ4v) is 4.06. The van der Waals surface area contributed by atoms with Gasteiger partial charge in [-0.25, -0.2) is 4.79 Å². The van der Waals surface area contributed by atoms with E-state index >= 15 is 0 Å². The molecule has 1 fully saturated rings. The van der Waals surface area contributed by atoms with E-state index < -0.39 is 11.7 Å². The Balaban J connectivity index is 1.49. The van der Waals surface area contributed by atoms with Crippen molar-refractivity contribution in [2.75, 3.05) is 26.4 Å². The highest BCUT2D eigenvalue weighted by Gasteiger charge is 2.37. The van der Waals surface area contributed by atoms with E-state index in [1.807, 2.05) is 43.9 Å². The number of hydrogen-bond donors (Lipinski definition) is 1. The molecular formula is C24H28N2O5. The lowest BCUT2D eigenvalue weighted by Crippen LogP contribution is -2.37. The summed E-state index contributed by atoms with van der Waals surface area (Å²) >= 11 is 0. The Morgan fingerprint density at radius 1 is 1.06 bits per heavy atom. The van der Waals surface area contributed by atoms with Gasteiger partial charge in [-0.2, -0.15) is 0 Å². The van der Waals surface area contributed by atoms with Crippen LogP contribution in [-0.4, -0.2) is 48.9 Å². The van der Waals surface area contributed by atoms with Gasteiger partial charge in [0.05, 0.1) is 0 Å². The van der Waals surface area contributed by atoms with Crippen LogP contribution in [0, 0.1) is 5.92 Å². The molecule has 0 bridgehead atoms. The van der Waals surface area contributed by atoms with Gasteiger partial charge in [-0.15, -0.1) is 0 Å². The Morgan fingerprint density at radius 3 is 2.55 bits per heavy atom. The number of alkyl carbamates (subject to hydrolysis) is 1. The van der Waals surface area contributed by atoms with Crippen molar-refractivity contribution in [1.82, 2.24) is 10.2 Å². The molecule has 2 aromatic carbocycles. The molecule has 2 amide bonds. The predicted molar refractivity (Wildman–Crippen MR) is 115 cm³/mol. The molecule has 0 aliphatic carbocycles. The minimum Gasteiger partial charge on any atom is -0.454 e. The molecule has 1 saturated heterocycles. The van der Waals surface area contributed by atoms with Gasteiger partial charge in [-0.1, -0.05) is 30.3 Å². The van der Waals surface area contributed by atoms with Crippen molar-refractivity contribution < 1.29 is 23.8 Å². The average Bonchev–Trinajstić information content (AvgIpc) is 3.37. The Labute approximate surface area is 182 Å². The third-order valence-electron chi connectivity index (χ3n) is 5.48. The maximum absolute atomic E-state index is 13.2. The Bertz CT molecular complexity index is 954. The number of fused-ring (bicyclic) bond motifs is 1. The van der Waals surface area contributed by atoms with Gasteiger partial charge in [-0.05, 0) is 44.5 Å². The third kappa shape index (κ3) is 4.93. The van der Waals surface area contributed by atoms with E-state index in [2.05, 4.69) is 17.4 Å². The van der Waals surface area contributed by atoms with Gasteiger partial charge in [0.2, 0.25) is 6.79 Å². The Kier molecular flexibility index (Phi) is 5.76. The normalized spacial score (nSPS) is 19.9. The molecule has 164 valence electrons. The second-order valence-electron chi connectivity index (χ2n) is 8.94. The first-order valence-corrected chi connectivity index (χ1v) is 10.5. The number of nitrogens with one attached hydrogen (secondary N) is 1. The number of hydrogen-bond acceptors (Lipinski definition) is 5. The number of carbonyl (C=O) groups is 2. The summed E-state index contributed by atoms with van der Waals surface area (Å²) in [5.41, 5.74) is 1.16. The molecule has 31 heavy (non-hydrogen) atoms. The highest BCUT2D eigenvalue weighted by atomic mass is 16.7. The molecule has 2 aromatic rings. The molecule has 7 nitrogen and oxygen atoms in total. The standard InChI is InChI=1S/C24H28N2O5/c1-24(2,3)31-23(28)25-12-18-13-26(14-19(18)16-7-5-4-6-8-16)22(27)17-9-10-20-21(11-17)30-15-29-20/h4-11,18-19H,12-15H2,1-3H3,(H,25,28)/t18-,19+/m1/s1. The van der Waals surface area contributed by atoms with Gasteiger partial charge >= 0.3 is 6.09 Å². The predicted octanol–water partition coefficient (Wildman–Crippen LogP) is 3.80. The zero-order valence-electron chi connectivity index (χ0n) is 18.1. The molecule has 0 radical (unpaired) electrons. The van der Waals surface area contributed by atoms with Gasteiger partial charge < -0.3 is 24.4 Å². The maximum atomic E-state index is 13.2. The van der Waals surface area contributed by atoms with Crippen LogP contribution in [0.25, 0.3) is 0 Å². The molecular weight excluding hydrogens is 396 g/mol. The summed E-state index contributed by atoms with van der Waals surface area (Å²) in [5.74, 6) is 1.38. The number of likely N-dealkylation sites (tertiary alicyclic amines) is 1. The van der Waals surface area contributed by atoms with Gasteiger partial charge in [0.15, 0.2) is 11.5 Å². The molecule has 2 aliphatic heterocycles. The van der Waals surface area contributed by atoms with Crippen LogP contribution in [0.2, 0.25) is 0 Å². The molecule has 0 unspecified atom stereocenters. The van der Waals surface area contributed by atoms with Crippen LogP contribution < -0.4 is 14.8 Å². The second kappa shape index (κ2) is 8.49. The summed E-state index contributed by atoms with van der Waals surface area (Å²) in [6.07, 6.45) is -0.445. The number of rotatable bonds is 4. The molecule has 2 atom stereocenters. The number of benzene rings is 2. The second-order valence-corrected chi connectivity index (χ2v) is 8.94. The lowest BCUT2D eigenvalue weighted by Gasteiger charge is -2.22. The Hall–Kier alpha value is -3.22. The monoisotopic (exact) mass is 424 g/mol. The van der Waals surface area contributed by atoms with Crippen molar-refractivity contribution in [1.29, 1.82) is 0 Å². The summed E-state index contributed by atoms with van der Waals surface area (Å²) in [6.45, 7) is 7.23. The van der Waals surface area contributed by atoms with Crippen molar-refractivity contribution in [2.24, 2.45) is 5.92 Å². The highest BCUT2D eigenvalue weighted by Crippen LogP contribution is 2.36. The van der Waals surface area contributed by atoms with E-state index in [9.17, 15) is 9.59 Å². The van der Waals surface area contributed by atoms with Crippen LogP contribution in [-0.2, 0) is 4.74 Å². The topological polar surface area (TPSA) is 77.1 Å². The third-order valence-corrected chi connectivity index (χ3v) is 5.48. The van der Waals surface area contributed by atoms with E-state index in [1.165, 1.54) is 0 Å². The minimum atomic E-state index is -0.556. The van der Waals surface area contributed by atoms with Gasteiger partial charge in [0.1, 0.15) is 5.60 Å². The van der Waals surface area contributed by atoms with Crippen LogP contribution in [0.3, 0.4) is 0 Å².